The first-order valence-corrected chi connectivity index (χ1v) is 4.02. The highest BCUT2D eigenvalue weighted by Gasteiger charge is 2.31. The first-order chi connectivity index (χ1) is 5.03. The van der Waals surface area contributed by atoms with Crippen LogP contribution in [-0.2, 0) is 9.47 Å². The topological polar surface area (TPSA) is 18.5 Å². The van der Waals surface area contributed by atoms with Crippen LogP contribution in [0.2, 0.25) is 0 Å². The molecular formula is C9H16O2. The summed E-state index contributed by atoms with van der Waals surface area (Å²) in [7, 11) is 0. The Kier molecular flexibility index (Phi) is 2.35. The summed E-state index contributed by atoms with van der Waals surface area (Å²) in [4.78, 5) is 0. The van der Waals surface area contributed by atoms with Gasteiger partial charge in [0.25, 0.3) is 0 Å². The Morgan fingerprint density at radius 2 is 2.09 bits per heavy atom. The molecule has 0 amide bonds. The van der Waals surface area contributed by atoms with Crippen LogP contribution in [-0.4, -0.2) is 18.0 Å². The van der Waals surface area contributed by atoms with E-state index in [4.69, 9.17) is 9.47 Å². The van der Waals surface area contributed by atoms with E-state index in [1.807, 2.05) is 19.9 Å². The van der Waals surface area contributed by atoms with Gasteiger partial charge in [0.15, 0.2) is 5.79 Å². The molecule has 11 heavy (non-hydrogen) atoms. The van der Waals surface area contributed by atoms with E-state index >= 15 is 0 Å². The molecule has 0 radical (unpaired) electrons. The Morgan fingerprint density at radius 3 is 2.55 bits per heavy atom. The molecule has 0 aromatic heterocycles. The zero-order valence-corrected chi connectivity index (χ0v) is 7.46. The standard InChI is InChI=1S/C9H16O2/c1-5-8-6-7(2)10-9(3,4)11-8/h5,7-8H,1,6H2,2-4H3/t7-,8-/m0/s1. The van der Waals surface area contributed by atoms with Crippen LogP contribution < -0.4 is 0 Å². The van der Waals surface area contributed by atoms with Crippen molar-refractivity contribution in [3.05, 3.63) is 12.7 Å². The van der Waals surface area contributed by atoms with Gasteiger partial charge in [0.2, 0.25) is 0 Å². The summed E-state index contributed by atoms with van der Waals surface area (Å²) in [5.74, 6) is -0.448. The normalized spacial score (nSPS) is 36.6. The fourth-order valence-electron chi connectivity index (χ4n) is 1.44. The molecule has 0 aliphatic carbocycles. The lowest BCUT2D eigenvalue weighted by atomic mass is 10.1. The summed E-state index contributed by atoms with van der Waals surface area (Å²) >= 11 is 0. The molecule has 2 nitrogen and oxygen atoms in total. The van der Waals surface area contributed by atoms with E-state index in [-0.39, 0.29) is 12.2 Å². The van der Waals surface area contributed by atoms with Crippen molar-refractivity contribution in [1.29, 1.82) is 0 Å². The van der Waals surface area contributed by atoms with Crippen molar-refractivity contribution in [3.63, 3.8) is 0 Å². The van der Waals surface area contributed by atoms with Crippen molar-refractivity contribution < 1.29 is 9.47 Å². The maximum absolute atomic E-state index is 5.55. The van der Waals surface area contributed by atoms with Crippen LogP contribution in [0.25, 0.3) is 0 Å². The number of hydrogen-bond donors (Lipinski definition) is 0. The maximum Gasteiger partial charge on any atom is 0.163 e. The maximum atomic E-state index is 5.55. The quantitative estimate of drug-likeness (QED) is 0.541. The molecular weight excluding hydrogens is 140 g/mol. The van der Waals surface area contributed by atoms with Gasteiger partial charge in [0.05, 0.1) is 12.2 Å². The molecule has 0 aromatic carbocycles. The minimum absolute atomic E-state index is 0.147. The Morgan fingerprint density at radius 1 is 1.45 bits per heavy atom. The lowest BCUT2D eigenvalue weighted by Crippen LogP contribution is -2.42. The highest BCUT2D eigenvalue weighted by Crippen LogP contribution is 2.26. The Labute approximate surface area is 68.2 Å². The fraction of sp³-hybridized carbons (Fsp3) is 0.778. The third-order valence-corrected chi connectivity index (χ3v) is 1.75. The van der Waals surface area contributed by atoms with Crippen LogP contribution in [0.4, 0.5) is 0 Å². The van der Waals surface area contributed by atoms with Gasteiger partial charge in [-0.05, 0) is 20.8 Å². The van der Waals surface area contributed by atoms with E-state index in [1.165, 1.54) is 0 Å². The van der Waals surface area contributed by atoms with E-state index < -0.39 is 5.79 Å². The average molecular weight is 156 g/mol. The van der Waals surface area contributed by atoms with Crippen molar-refractivity contribution >= 4 is 0 Å². The predicted molar refractivity (Wildman–Crippen MR) is 44.3 cm³/mol. The van der Waals surface area contributed by atoms with Crippen molar-refractivity contribution in [2.45, 2.75) is 45.2 Å². The minimum Gasteiger partial charge on any atom is -0.347 e. The van der Waals surface area contributed by atoms with Crippen LogP contribution in [0.15, 0.2) is 12.7 Å². The molecule has 1 fully saturated rings. The van der Waals surface area contributed by atoms with Gasteiger partial charge in [-0.2, -0.15) is 0 Å². The zero-order chi connectivity index (χ0) is 8.48. The van der Waals surface area contributed by atoms with Gasteiger partial charge >= 0.3 is 0 Å². The van der Waals surface area contributed by atoms with Crippen molar-refractivity contribution in [2.75, 3.05) is 0 Å². The van der Waals surface area contributed by atoms with E-state index in [0.29, 0.717) is 0 Å². The molecule has 1 aliphatic heterocycles. The van der Waals surface area contributed by atoms with E-state index in [1.54, 1.807) is 0 Å². The predicted octanol–water partition coefficient (Wildman–Crippen LogP) is 2.10. The number of rotatable bonds is 1. The second kappa shape index (κ2) is 2.95. The first-order valence-electron chi connectivity index (χ1n) is 4.02. The minimum atomic E-state index is -0.448. The SMILES string of the molecule is C=C[C@H]1C[C@H](C)OC(C)(C)O1. The second-order valence-electron chi connectivity index (χ2n) is 3.46. The van der Waals surface area contributed by atoms with E-state index in [0.717, 1.165) is 6.42 Å². The monoisotopic (exact) mass is 156 g/mol. The molecule has 1 saturated heterocycles. The highest BCUT2D eigenvalue weighted by atomic mass is 16.7. The third-order valence-electron chi connectivity index (χ3n) is 1.75. The third kappa shape index (κ3) is 2.31. The second-order valence-corrected chi connectivity index (χ2v) is 3.46. The van der Waals surface area contributed by atoms with Crippen LogP contribution >= 0.6 is 0 Å². The molecule has 0 unspecified atom stereocenters. The molecule has 1 heterocycles. The molecule has 1 rings (SSSR count). The van der Waals surface area contributed by atoms with Gasteiger partial charge in [-0.25, -0.2) is 0 Å². The van der Waals surface area contributed by atoms with Crippen molar-refractivity contribution in [2.24, 2.45) is 0 Å². The molecule has 1 aliphatic rings. The van der Waals surface area contributed by atoms with Crippen LogP contribution in [0.1, 0.15) is 27.2 Å². The molecule has 0 bridgehead atoms. The summed E-state index contributed by atoms with van der Waals surface area (Å²) in [6.45, 7) is 9.62. The first kappa shape index (κ1) is 8.75. The Balaban J connectivity index is 2.57. The average Bonchev–Trinajstić information content (AvgIpc) is 1.83. The van der Waals surface area contributed by atoms with Crippen LogP contribution in [0.3, 0.4) is 0 Å². The van der Waals surface area contributed by atoms with Gasteiger partial charge in [0.1, 0.15) is 0 Å². The lowest BCUT2D eigenvalue weighted by molar-refractivity contribution is -0.286. The van der Waals surface area contributed by atoms with Crippen molar-refractivity contribution in [3.8, 4) is 0 Å². The summed E-state index contributed by atoms with van der Waals surface area (Å²) in [6, 6.07) is 0. The Hall–Kier alpha value is -0.340. The van der Waals surface area contributed by atoms with E-state index in [9.17, 15) is 0 Å². The largest absolute Gasteiger partial charge is 0.347 e. The van der Waals surface area contributed by atoms with Crippen molar-refractivity contribution in [1.82, 2.24) is 0 Å². The molecule has 64 valence electrons. The molecule has 0 saturated carbocycles. The van der Waals surface area contributed by atoms with Gasteiger partial charge in [-0.1, -0.05) is 6.08 Å². The Bertz CT molecular complexity index is 152. The summed E-state index contributed by atoms with van der Waals surface area (Å²) in [6.07, 6.45) is 3.16. The molecule has 0 spiro atoms. The van der Waals surface area contributed by atoms with Gasteiger partial charge in [-0.15, -0.1) is 6.58 Å². The molecule has 2 atom stereocenters. The lowest BCUT2D eigenvalue weighted by Gasteiger charge is -2.38. The molecule has 0 N–H and O–H groups in total. The van der Waals surface area contributed by atoms with Gasteiger partial charge in [-0.3, -0.25) is 0 Å². The highest BCUT2D eigenvalue weighted by molar-refractivity contribution is 4.86. The van der Waals surface area contributed by atoms with E-state index in [2.05, 4.69) is 13.5 Å². The number of hydrogen-bond acceptors (Lipinski definition) is 2. The van der Waals surface area contributed by atoms with Crippen LogP contribution in [0.5, 0.6) is 0 Å². The smallest absolute Gasteiger partial charge is 0.163 e. The molecule has 0 aromatic rings. The zero-order valence-electron chi connectivity index (χ0n) is 7.46. The number of ether oxygens (including phenoxy) is 2. The summed E-state index contributed by atoms with van der Waals surface area (Å²) in [5, 5.41) is 0. The summed E-state index contributed by atoms with van der Waals surface area (Å²) < 4.78 is 11.1. The van der Waals surface area contributed by atoms with Crippen LogP contribution in [0, 0.1) is 0 Å². The van der Waals surface area contributed by atoms with Gasteiger partial charge in [0, 0.05) is 6.42 Å². The fourth-order valence-corrected chi connectivity index (χ4v) is 1.44. The van der Waals surface area contributed by atoms with Gasteiger partial charge < -0.3 is 9.47 Å². The molecule has 2 heteroatoms. The summed E-state index contributed by atoms with van der Waals surface area (Å²) in [5.41, 5.74) is 0.